The second kappa shape index (κ2) is 5.42. The van der Waals surface area contributed by atoms with Crippen LogP contribution in [0, 0.1) is 22.0 Å². The Hall–Kier alpha value is -1.85. The third-order valence-corrected chi connectivity index (χ3v) is 3.89. The van der Waals surface area contributed by atoms with E-state index in [0.717, 1.165) is 19.3 Å². The minimum atomic E-state index is -0.489. The Morgan fingerprint density at radius 2 is 2.11 bits per heavy atom. The van der Waals surface area contributed by atoms with Crippen molar-refractivity contribution in [2.75, 3.05) is 5.73 Å². The molecule has 3 unspecified atom stereocenters. The lowest BCUT2D eigenvalue weighted by atomic mass is 9.80. The standard InChI is InChI=1S/C13H19N3O3/c1-8-3-4-10(7-9(8)2)19-13-11(16(17)18)5-6-12(14)15-13/h5-6,8-10H,3-4,7H2,1-2H3,(H2,14,15). The predicted molar refractivity (Wildman–Crippen MR) is 71.9 cm³/mol. The highest BCUT2D eigenvalue weighted by molar-refractivity contribution is 5.47. The Morgan fingerprint density at radius 1 is 1.37 bits per heavy atom. The topological polar surface area (TPSA) is 91.3 Å². The molecule has 0 saturated heterocycles. The Bertz CT molecular complexity index is 478. The molecule has 1 heterocycles. The maximum atomic E-state index is 10.9. The van der Waals surface area contributed by atoms with Crippen LogP contribution in [-0.4, -0.2) is 16.0 Å². The van der Waals surface area contributed by atoms with E-state index in [-0.39, 0.29) is 23.5 Å². The van der Waals surface area contributed by atoms with Crippen LogP contribution in [0.15, 0.2) is 12.1 Å². The number of hydrogen-bond donors (Lipinski definition) is 1. The number of nitro groups is 1. The quantitative estimate of drug-likeness (QED) is 0.670. The summed E-state index contributed by atoms with van der Waals surface area (Å²) in [6.07, 6.45) is 2.86. The fourth-order valence-corrected chi connectivity index (χ4v) is 2.44. The van der Waals surface area contributed by atoms with Gasteiger partial charge in [-0.25, -0.2) is 0 Å². The first-order valence-electron chi connectivity index (χ1n) is 6.55. The highest BCUT2D eigenvalue weighted by Gasteiger charge is 2.28. The van der Waals surface area contributed by atoms with Gasteiger partial charge in [0.1, 0.15) is 11.9 Å². The Labute approximate surface area is 112 Å². The van der Waals surface area contributed by atoms with Crippen LogP contribution in [0.4, 0.5) is 11.5 Å². The Balaban J connectivity index is 2.14. The van der Waals surface area contributed by atoms with Crippen LogP contribution >= 0.6 is 0 Å². The first-order valence-corrected chi connectivity index (χ1v) is 6.55. The smallest absolute Gasteiger partial charge is 0.331 e. The van der Waals surface area contributed by atoms with Crippen molar-refractivity contribution in [1.29, 1.82) is 0 Å². The van der Waals surface area contributed by atoms with Crippen LogP contribution < -0.4 is 10.5 Å². The summed E-state index contributed by atoms with van der Waals surface area (Å²) in [5.41, 5.74) is 5.44. The fourth-order valence-electron chi connectivity index (χ4n) is 2.44. The van der Waals surface area contributed by atoms with Crippen molar-refractivity contribution >= 4 is 11.5 Å². The molecule has 0 amide bonds. The number of nitrogens with zero attached hydrogens (tertiary/aromatic N) is 2. The third-order valence-electron chi connectivity index (χ3n) is 3.89. The number of pyridine rings is 1. The number of rotatable bonds is 3. The number of ether oxygens (including phenoxy) is 1. The third kappa shape index (κ3) is 3.13. The van der Waals surface area contributed by atoms with E-state index < -0.39 is 4.92 Å². The Morgan fingerprint density at radius 3 is 2.74 bits per heavy atom. The molecular weight excluding hydrogens is 246 g/mol. The van der Waals surface area contributed by atoms with Gasteiger partial charge in [0, 0.05) is 6.07 Å². The van der Waals surface area contributed by atoms with Crippen molar-refractivity contribution in [3.63, 3.8) is 0 Å². The monoisotopic (exact) mass is 265 g/mol. The summed E-state index contributed by atoms with van der Waals surface area (Å²) in [6.45, 7) is 4.41. The molecule has 1 saturated carbocycles. The van der Waals surface area contributed by atoms with E-state index in [2.05, 4.69) is 18.8 Å². The van der Waals surface area contributed by atoms with E-state index in [4.69, 9.17) is 10.5 Å². The molecular formula is C13H19N3O3. The lowest BCUT2D eigenvalue weighted by Gasteiger charge is -2.31. The van der Waals surface area contributed by atoms with Crippen molar-refractivity contribution in [2.24, 2.45) is 11.8 Å². The van der Waals surface area contributed by atoms with Crippen molar-refractivity contribution in [3.8, 4) is 5.88 Å². The minimum absolute atomic E-state index is 0.0146. The number of nitrogen functional groups attached to an aromatic ring is 1. The van der Waals surface area contributed by atoms with Crippen molar-refractivity contribution in [2.45, 2.75) is 39.2 Å². The zero-order valence-corrected chi connectivity index (χ0v) is 11.2. The summed E-state index contributed by atoms with van der Waals surface area (Å²) >= 11 is 0. The molecule has 2 rings (SSSR count). The van der Waals surface area contributed by atoms with Crippen molar-refractivity contribution < 1.29 is 9.66 Å². The molecule has 6 heteroatoms. The molecule has 0 aromatic carbocycles. The average molecular weight is 265 g/mol. The second-order valence-corrected chi connectivity index (χ2v) is 5.32. The van der Waals surface area contributed by atoms with Gasteiger partial charge in [0.2, 0.25) is 0 Å². The first-order chi connectivity index (χ1) is 8.97. The number of aromatic nitrogens is 1. The Kier molecular flexibility index (Phi) is 3.87. The molecule has 6 nitrogen and oxygen atoms in total. The van der Waals surface area contributed by atoms with E-state index in [0.29, 0.717) is 11.8 Å². The highest BCUT2D eigenvalue weighted by Crippen LogP contribution is 2.34. The second-order valence-electron chi connectivity index (χ2n) is 5.32. The van der Waals surface area contributed by atoms with Crippen molar-refractivity contribution in [1.82, 2.24) is 4.98 Å². The lowest BCUT2D eigenvalue weighted by molar-refractivity contribution is -0.386. The molecule has 104 valence electrons. The summed E-state index contributed by atoms with van der Waals surface area (Å²) < 4.78 is 5.71. The van der Waals surface area contributed by atoms with E-state index in [1.807, 2.05) is 0 Å². The molecule has 1 fully saturated rings. The van der Waals surface area contributed by atoms with Gasteiger partial charge in [-0.2, -0.15) is 4.98 Å². The van der Waals surface area contributed by atoms with E-state index >= 15 is 0 Å². The summed E-state index contributed by atoms with van der Waals surface area (Å²) in [6, 6.07) is 2.75. The molecule has 0 spiro atoms. The molecule has 3 atom stereocenters. The zero-order valence-electron chi connectivity index (χ0n) is 11.2. The van der Waals surface area contributed by atoms with Gasteiger partial charge in [-0.1, -0.05) is 13.8 Å². The van der Waals surface area contributed by atoms with E-state index in [1.165, 1.54) is 12.1 Å². The molecule has 0 bridgehead atoms. The summed E-state index contributed by atoms with van der Waals surface area (Å²) in [5, 5.41) is 10.9. The largest absolute Gasteiger partial charge is 0.469 e. The SMILES string of the molecule is CC1CCC(Oc2nc(N)ccc2[N+](=O)[O-])CC1C. The van der Waals surface area contributed by atoms with Gasteiger partial charge in [0.25, 0.3) is 5.88 Å². The summed E-state index contributed by atoms with van der Waals surface area (Å²) in [4.78, 5) is 14.4. The molecule has 1 aromatic rings. The molecule has 0 radical (unpaired) electrons. The number of nitrogens with two attached hydrogens (primary N) is 1. The minimum Gasteiger partial charge on any atom is -0.469 e. The predicted octanol–water partition coefficient (Wildman–Crippen LogP) is 2.78. The average Bonchev–Trinajstić information content (AvgIpc) is 2.33. The molecule has 2 N–H and O–H groups in total. The number of anilines is 1. The van der Waals surface area contributed by atoms with Crippen LogP contribution in [0.25, 0.3) is 0 Å². The fraction of sp³-hybridized carbons (Fsp3) is 0.615. The maximum absolute atomic E-state index is 10.9. The first kappa shape index (κ1) is 13.6. The van der Waals surface area contributed by atoms with Crippen LogP contribution in [-0.2, 0) is 0 Å². The van der Waals surface area contributed by atoms with E-state index in [1.54, 1.807) is 0 Å². The molecule has 1 aliphatic carbocycles. The normalized spacial score (nSPS) is 26.9. The number of hydrogen-bond acceptors (Lipinski definition) is 5. The molecule has 1 aliphatic rings. The maximum Gasteiger partial charge on any atom is 0.331 e. The summed E-state index contributed by atoms with van der Waals surface area (Å²) in [7, 11) is 0. The van der Waals surface area contributed by atoms with Crippen LogP contribution in [0.1, 0.15) is 33.1 Å². The summed E-state index contributed by atoms with van der Waals surface area (Å²) in [5.74, 6) is 1.50. The van der Waals surface area contributed by atoms with Gasteiger partial charge < -0.3 is 10.5 Å². The highest BCUT2D eigenvalue weighted by atomic mass is 16.6. The lowest BCUT2D eigenvalue weighted by Crippen LogP contribution is -2.29. The van der Waals surface area contributed by atoms with Crippen molar-refractivity contribution in [3.05, 3.63) is 22.2 Å². The molecule has 19 heavy (non-hydrogen) atoms. The van der Waals surface area contributed by atoms with Gasteiger partial charge in [-0.3, -0.25) is 10.1 Å². The van der Waals surface area contributed by atoms with Gasteiger partial charge >= 0.3 is 5.69 Å². The van der Waals surface area contributed by atoms with Crippen LogP contribution in [0.3, 0.4) is 0 Å². The van der Waals surface area contributed by atoms with Crippen LogP contribution in [0.2, 0.25) is 0 Å². The zero-order chi connectivity index (χ0) is 14.0. The van der Waals surface area contributed by atoms with Gasteiger partial charge in [0.05, 0.1) is 4.92 Å². The van der Waals surface area contributed by atoms with E-state index in [9.17, 15) is 10.1 Å². The molecule has 1 aromatic heterocycles. The van der Waals surface area contributed by atoms with Crippen LogP contribution in [0.5, 0.6) is 5.88 Å². The molecule has 0 aliphatic heterocycles. The van der Waals surface area contributed by atoms with Gasteiger partial charge in [-0.05, 0) is 37.2 Å². The van der Waals surface area contributed by atoms with Gasteiger partial charge in [0.15, 0.2) is 0 Å². The van der Waals surface area contributed by atoms with Gasteiger partial charge in [-0.15, -0.1) is 0 Å².